The van der Waals surface area contributed by atoms with Crippen LogP contribution in [-0.4, -0.2) is 5.11 Å². The third-order valence-corrected chi connectivity index (χ3v) is 6.18. The van der Waals surface area contributed by atoms with E-state index < -0.39 is 0 Å². The summed E-state index contributed by atoms with van der Waals surface area (Å²) in [4.78, 5) is 0. The van der Waals surface area contributed by atoms with Gasteiger partial charge in [-0.25, -0.2) is 0 Å². The van der Waals surface area contributed by atoms with E-state index in [2.05, 4.69) is 12.1 Å². The minimum absolute atomic E-state index is 0.579. The van der Waals surface area contributed by atoms with Crippen molar-refractivity contribution in [2.45, 2.75) is 102 Å². The molecule has 1 heteroatoms. The Bertz CT molecular complexity index is 463. The van der Waals surface area contributed by atoms with E-state index in [0.717, 1.165) is 0 Å². The van der Waals surface area contributed by atoms with Gasteiger partial charge in [0.2, 0.25) is 0 Å². The number of phenolic OH excluding ortho intramolecular Hbond substituents is 1. The number of phenols is 1. The molecule has 1 aromatic rings. The van der Waals surface area contributed by atoms with Crippen molar-refractivity contribution >= 4 is 0 Å². The molecule has 1 nitrogen and oxygen atoms in total. The second kappa shape index (κ2) is 8.76. The molecule has 1 N–H and O–H groups in total. The molecule has 2 saturated carbocycles. The molecule has 0 unspecified atom stereocenters. The van der Waals surface area contributed by atoms with E-state index in [1.807, 2.05) is 6.07 Å². The summed E-state index contributed by atoms with van der Waals surface area (Å²) < 4.78 is 0. The van der Waals surface area contributed by atoms with E-state index in [9.17, 15) is 5.11 Å². The van der Waals surface area contributed by atoms with Gasteiger partial charge in [-0.1, -0.05) is 76.3 Å². The first-order chi connectivity index (χ1) is 11.4. The summed E-state index contributed by atoms with van der Waals surface area (Å²) in [6.45, 7) is 0. The van der Waals surface area contributed by atoms with Crippen LogP contribution < -0.4 is 0 Å². The van der Waals surface area contributed by atoms with Crippen LogP contribution in [0.5, 0.6) is 5.75 Å². The Morgan fingerprint density at radius 2 is 1.09 bits per heavy atom. The molecule has 0 aliphatic heterocycles. The normalized spacial score (nSPS) is 22.8. The highest BCUT2D eigenvalue weighted by molar-refractivity contribution is 5.44. The number of hydrogen-bond donors (Lipinski definition) is 1. The minimum Gasteiger partial charge on any atom is -0.508 e. The van der Waals surface area contributed by atoms with Gasteiger partial charge in [-0.3, -0.25) is 0 Å². The topological polar surface area (TPSA) is 20.2 Å². The Morgan fingerprint density at radius 3 is 1.65 bits per heavy atom. The molecular formula is C22H34O. The Morgan fingerprint density at radius 1 is 0.609 bits per heavy atom. The van der Waals surface area contributed by atoms with Crippen LogP contribution in [0.15, 0.2) is 18.2 Å². The van der Waals surface area contributed by atoms with Gasteiger partial charge in [0.15, 0.2) is 0 Å². The van der Waals surface area contributed by atoms with Gasteiger partial charge in [0.1, 0.15) is 5.75 Å². The first-order valence-electron chi connectivity index (χ1n) is 10.2. The summed E-state index contributed by atoms with van der Waals surface area (Å²) in [5.41, 5.74) is 2.83. The van der Waals surface area contributed by atoms with Crippen molar-refractivity contribution in [2.24, 2.45) is 0 Å². The fourth-order valence-electron chi connectivity index (χ4n) is 4.88. The first-order valence-corrected chi connectivity index (χ1v) is 10.2. The van der Waals surface area contributed by atoms with E-state index >= 15 is 0 Å². The first kappa shape index (κ1) is 16.9. The van der Waals surface area contributed by atoms with Gasteiger partial charge in [-0.2, -0.15) is 0 Å². The molecule has 0 spiro atoms. The molecule has 0 heterocycles. The maximum absolute atomic E-state index is 10.7. The van der Waals surface area contributed by atoms with E-state index in [1.54, 1.807) is 0 Å². The van der Waals surface area contributed by atoms with Crippen LogP contribution in [0.2, 0.25) is 0 Å². The molecule has 3 rings (SSSR count). The highest BCUT2D eigenvalue weighted by atomic mass is 16.3. The van der Waals surface area contributed by atoms with Gasteiger partial charge in [0.25, 0.3) is 0 Å². The molecular weight excluding hydrogens is 280 g/mol. The molecule has 2 aliphatic carbocycles. The van der Waals surface area contributed by atoms with Crippen molar-refractivity contribution in [3.8, 4) is 5.75 Å². The molecule has 1 aromatic carbocycles. The zero-order chi connectivity index (χ0) is 15.9. The molecule has 0 saturated heterocycles. The largest absolute Gasteiger partial charge is 0.508 e. The molecule has 0 aromatic heterocycles. The lowest BCUT2D eigenvalue weighted by Gasteiger charge is -2.28. The maximum Gasteiger partial charge on any atom is 0.119 e. The summed E-state index contributed by atoms with van der Waals surface area (Å²) in [6.07, 6.45) is 19.0. The van der Waals surface area contributed by atoms with Crippen molar-refractivity contribution in [3.05, 3.63) is 29.3 Å². The van der Waals surface area contributed by atoms with Crippen molar-refractivity contribution < 1.29 is 5.11 Å². The Hall–Kier alpha value is -0.980. The lowest BCUT2D eigenvalue weighted by Crippen LogP contribution is -2.10. The molecule has 128 valence electrons. The summed E-state index contributed by atoms with van der Waals surface area (Å²) in [6, 6.07) is 6.34. The van der Waals surface area contributed by atoms with Crippen LogP contribution in [0, 0.1) is 0 Å². The maximum atomic E-state index is 10.7. The number of aromatic hydroxyl groups is 1. The van der Waals surface area contributed by atoms with Gasteiger partial charge in [0.05, 0.1) is 0 Å². The minimum atomic E-state index is 0.579. The Balaban J connectivity index is 1.85. The predicted molar refractivity (Wildman–Crippen MR) is 98.2 cm³/mol. The lowest BCUT2D eigenvalue weighted by molar-refractivity contribution is 0.410. The van der Waals surface area contributed by atoms with Gasteiger partial charge < -0.3 is 5.11 Å². The standard InChI is InChI=1S/C22H34O/c23-21-17-11-16-20(18-12-7-3-1-4-8-13-18)22(21)19-14-9-5-2-6-10-15-19/h11,16-19,23H,1-10,12-15H2. The molecule has 2 aliphatic rings. The summed E-state index contributed by atoms with van der Waals surface area (Å²) in [5, 5.41) is 10.7. The molecule has 2 fully saturated rings. The zero-order valence-corrected chi connectivity index (χ0v) is 14.7. The van der Waals surface area contributed by atoms with Crippen LogP contribution in [0.4, 0.5) is 0 Å². The highest BCUT2D eigenvalue weighted by Crippen LogP contribution is 2.43. The van der Waals surface area contributed by atoms with Crippen LogP contribution in [0.1, 0.15) is 113 Å². The van der Waals surface area contributed by atoms with Gasteiger partial charge in [-0.15, -0.1) is 0 Å². The zero-order valence-electron chi connectivity index (χ0n) is 14.7. The highest BCUT2D eigenvalue weighted by Gasteiger charge is 2.24. The smallest absolute Gasteiger partial charge is 0.119 e. The van der Waals surface area contributed by atoms with E-state index in [-0.39, 0.29) is 0 Å². The number of benzene rings is 1. The Labute approximate surface area is 142 Å². The van der Waals surface area contributed by atoms with Crippen molar-refractivity contribution in [3.63, 3.8) is 0 Å². The second-order valence-corrected chi connectivity index (χ2v) is 7.86. The van der Waals surface area contributed by atoms with Crippen molar-refractivity contribution in [2.75, 3.05) is 0 Å². The van der Waals surface area contributed by atoms with E-state index in [4.69, 9.17) is 0 Å². The van der Waals surface area contributed by atoms with E-state index in [0.29, 0.717) is 17.6 Å². The average Bonchev–Trinajstić information content (AvgIpc) is 2.47. The average molecular weight is 315 g/mol. The molecule has 0 amide bonds. The Kier molecular flexibility index (Phi) is 6.42. The van der Waals surface area contributed by atoms with Gasteiger partial charge in [-0.05, 0) is 49.1 Å². The van der Waals surface area contributed by atoms with Crippen LogP contribution in [0.3, 0.4) is 0 Å². The van der Waals surface area contributed by atoms with Gasteiger partial charge >= 0.3 is 0 Å². The summed E-state index contributed by atoms with van der Waals surface area (Å²) >= 11 is 0. The van der Waals surface area contributed by atoms with Crippen LogP contribution in [0.25, 0.3) is 0 Å². The van der Waals surface area contributed by atoms with Crippen molar-refractivity contribution in [1.29, 1.82) is 0 Å². The SMILES string of the molecule is Oc1cccc(C2CCCCCCC2)c1C1CCCCCCC1. The predicted octanol–water partition coefficient (Wildman–Crippen LogP) is 7.05. The van der Waals surface area contributed by atoms with Gasteiger partial charge in [0, 0.05) is 5.56 Å². The third-order valence-electron chi connectivity index (χ3n) is 6.18. The summed E-state index contributed by atoms with van der Waals surface area (Å²) in [5.74, 6) is 1.86. The lowest BCUT2D eigenvalue weighted by atomic mass is 9.77. The second-order valence-electron chi connectivity index (χ2n) is 7.86. The van der Waals surface area contributed by atoms with Crippen LogP contribution in [-0.2, 0) is 0 Å². The molecule has 0 bridgehead atoms. The quantitative estimate of drug-likeness (QED) is 0.620. The monoisotopic (exact) mass is 314 g/mol. The molecule has 0 radical (unpaired) electrons. The fraction of sp³-hybridized carbons (Fsp3) is 0.727. The fourth-order valence-corrected chi connectivity index (χ4v) is 4.88. The van der Waals surface area contributed by atoms with E-state index in [1.165, 1.54) is 101 Å². The van der Waals surface area contributed by atoms with Crippen LogP contribution >= 0.6 is 0 Å². The number of hydrogen-bond acceptors (Lipinski definition) is 1. The number of rotatable bonds is 2. The summed E-state index contributed by atoms with van der Waals surface area (Å²) in [7, 11) is 0. The molecule has 0 atom stereocenters. The third kappa shape index (κ3) is 4.52. The molecule has 23 heavy (non-hydrogen) atoms. The van der Waals surface area contributed by atoms with Crippen molar-refractivity contribution in [1.82, 2.24) is 0 Å².